The average molecular weight is 555 g/mol. The minimum atomic E-state index is -0.0888. The summed E-state index contributed by atoms with van der Waals surface area (Å²) in [5.41, 5.74) is 4.13. The van der Waals surface area contributed by atoms with Crippen LogP contribution >= 0.6 is 39.9 Å². The van der Waals surface area contributed by atoms with Gasteiger partial charge in [-0.05, 0) is 64.7 Å². The van der Waals surface area contributed by atoms with Gasteiger partial charge in [0.2, 0.25) is 0 Å². The van der Waals surface area contributed by atoms with Crippen LogP contribution in [0.25, 0.3) is 6.08 Å². The molecule has 0 radical (unpaired) electrons. The summed E-state index contributed by atoms with van der Waals surface area (Å²) in [5, 5.41) is 0. The maximum atomic E-state index is 13.1. The molecule has 34 heavy (non-hydrogen) atoms. The molecule has 0 unspecified atom stereocenters. The highest BCUT2D eigenvalue weighted by Crippen LogP contribution is 2.40. The number of thioether (sulfide) groups is 1. The van der Waals surface area contributed by atoms with Crippen LogP contribution in [0.2, 0.25) is 0 Å². The van der Waals surface area contributed by atoms with Crippen LogP contribution in [0.3, 0.4) is 0 Å². The van der Waals surface area contributed by atoms with Gasteiger partial charge in [-0.1, -0.05) is 84.1 Å². The molecular weight excluding hydrogens is 530 g/mol. The van der Waals surface area contributed by atoms with Crippen molar-refractivity contribution >= 4 is 56.2 Å². The van der Waals surface area contributed by atoms with E-state index >= 15 is 0 Å². The molecule has 1 aliphatic rings. The summed E-state index contributed by atoms with van der Waals surface area (Å²) in [6, 6.07) is 21.9. The lowest BCUT2D eigenvalue weighted by molar-refractivity contribution is -0.122. The molecular formula is C27H24BrNO3S2. The molecule has 0 bridgehead atoms. The van der Waals surface area contributed by atoms with E-state index in [9.17, 15) is 4.79 Å². The van der Waals surface area contributed by atoms with Crippen LogP contribution < -0.4 is 9.47 Å². The molecule has 0 aromatic heterocycles. The van der Waals surface area contributed by atoms with E-state index in [2.05, 4.69) is 15.9 Å². The van der Waals surface area contributed by atoms with Crippen molar-refractivity contribution in [1.29, 1.82) is 0 Å². The van der Waals surface area contributed by atoms with Gasteiger partial charge in [-0.3, -0.25) is 9.69 Å². The van der Waals surface area contributed by atoms with Gasteiger partial charge in [0.15, 0.2) is 11.5 Å². The van der Waals surface area contributed by atoms with Crippen LogP contribution in [-0.2, 0) is 17.9 Å². The first-order valence-corrected chi connectivity index (χ1v) is 12.9. The van der Waals surface area contributed by atoms with Gasteiger partial charge < -0.3 is 9.47 Å². The Morgan fingerprint density at radius 1 is 1.03 bits per heavy atom. The van der Waals surface area contributed by atoms with Crippen LogP contribution in [-0.4, -0.2) is 21.7 Å². The first kappa shape index (κ1) is 24.5. The Kier molecular flexibility index (Phi) is 8.08. The lowest BCUT2D eigenvalue weighted by Gasteiger charge is -2.15. The summed E-state index contributed by atoms with van der Waals surface area (Å²) in [6.45, 7) is 5.35. The second-order valence-corrected chi connectivity index (χ2v) is 10.3. The number of ether oxygens (including phenoxy) is 2. The van der Waals surface area contributed by atoms with Gasteiger partial charge in [0, 0.05) is 0 Å². The molecule has 4 rings (SSSR count). The van der Waals surface area contributed by atoms with E-state index in [-0.39, 0.29) is 5.91 Å². The lowest BCUT2D eigenvalue weighted by atomic mass is 10.1. The van der Waals surface area contributed by atoms with E-state index in [0.29, 0.717) is 40.5 Å². The van der Waals surface area contributed by atoms with E-state index in [0.717, 1.165) is 21.2 Å². The Morgan fingerprint density at radius 2 is 1.76 bits per heavy atom. The quantitative estimate of drug-likeness (QED) is 0.219. The van der Waals surface area contributed by atoms with Crippen molar-refractivity contribution in [2.45, 2.75) is 27.0 Å². The number of rotatable bonds is 8. The average Bonchev–Trinajstić information content (AvgIpc) is 3.08. The summed E-state index contributed by atoms with van der Waals surface area (Å²) >= 11 is 10.4. The Labute approximate surface area is 218 Å². The predicted octanol–water partition coefficient (Wildman–Crippen LogP) is 7.14. The van der Waals surface area contributed by atoms with Gasteiger partial charge in [-0.15, -0.1) is 0 Å². The molecule has 1 saturated heterocycles. The summed E-state index contributed by atoms with van der Waals surface area (Å²) in [5.74, 6) is 1.16. The fraction of sp³-hybridized carbons (Fsp3) is 0.185. The molecule has 0 atom stereocenters. The van der Waals surface area contributed by atoms with Crippen LogP contribution in [0.1, 0.15) is 29.2 Å². The van der Waals surface area contributed by atoms with Crippen molar-refractivity contribution in [3.63, 3.8) is 0 Å². The maximum Gasteiger partial charge on any atom is 0.266 e. The van der Waals surface area contributed by atoms with Gasteiger partial charge in [0.05, 0.1) is 22.5 Å². The second-order valence-electron chi connectivity index (χ2n) is 7.79. The van der Waals surface area contributed by atoms with Crippen LogP contribution in [0, 0.1) is 6.92 Å². The summed E-state index contributed by atoms with van der Waals surface area (Å²) in [6.07, 6.45) is 1.85. The minimum absolute atomic E-state index is 0.0888. The zero-order valence-electron chi connectivity index (χ0n) is 18.9. The third-order valence-corrected chi connectivity index (χ3v) is 7.16. The van der Waals surface area contributed by atoms with Crippen molar-refractivity contribution in [1.82, 2.24) is 4.90 Å². The van der Waals surface area contributed by atoms with Crippen molar-refractivity contribution in [2.75, 3.05) is 6.61 Å². The van der Waals surface area contributed by atoms with E-state index in [4.69, 9.17) is 21.7 Å². The fourth-order valence-electron chi connectivity index (χ4n) is 3.47. The van der Waals surface area contributed by atoms with Gasteiger partial charge in [0.1, 0.15) is 10.9 Å². The molecule has 7 heteroatoms. The number of hydrogen-bond acceptors (Lipinski definition) is 5. The number of amides is 1. The normalized spacial score (nSPS) is 14.7. The van der Waals surface area contributed by atoms with Gasteiger partial charge in [-0.25, -0.2) is 0 Å². The van der Waals surface area contributed by atoms with Crippen molar-refractivity contribution < 1.29 is 14.3 Å². The number of carbonyl (C=O) groups is 1. The highest BCUT2D eigenvalue weighted by Gasteiger charge is 2.32. The molecule has 0 N–H and O–H groups in total. The molecule has 174 valence electrons. The molecule has 1 amide bonds. The molecule has 3 aromatic rings. The highest BCUT2D eigenvalue weighted by atomic mass is 79.9. The Bertz CT molecular complexity index is 1230. The zero-order valence-corrected chi connectivity index (χ0v) is 22.1. The maximum absolute atomic E-state index is 13.1. The molecule has 1 aliphatic heterocycles. The number of benzene rings is 3. The van der Waals surface area contributed by atoms with E-state index in [1.54, 1.807) is 4.90 Å². The molecule has 1 fully saturated rings. The summed E-state index contributed by atoms with van der Waals surface area (Å²) in [4.78, 5) is 15.3. The number of carbonyl (C=O) groups excluding carboxylic acids is 1. The number of aryl methyl sites for hydroxylation is 1. The van der Waals surface area contributed by atoms with Crippen molar-refractivity contribution in [3.05, 3.63) is 98.4 Å². The van der Waals surface area contributed by atoms with Crippen molar-refractivity contribution in [3.8, 4) is 11.5 Å². The van der Waals surface area contributed by atoms with Gasteiger partial charge in [0.25, 0.3) is 5.91 Å². The SMILES string of the molecule is CCOc1cc(/C=C2\SC(=S)N(Cc3ccc(C)cc3)C2=O)cc(Br)c1OCc1ccccc1. The highest BCUT2D eigenvalue weighted by molar-refractivity contribution is 9.10. The first-order valence-electron chi connectivity index (χ1n) is 10.9. The third-order valence-electron chi connectivity index (χ3n) is 5.19. The smallest absolute Gasteiger partial charge is 0.266 e. The minimum Gasteiger partial charge on any atom is -0.490 e. The number of thiocarbonyl (C=S) groups is 1. The molecule has 4 nitrogen and oxygen atoms in total. The predicted molar refractivity (Wildman–Crippen MR) is 146 cm³/mol. The van der Waals surface area contributed by atoms with Gasteiger partial charge in [-0.2, -0.15) is 0 Å². The van der Waals surface area contributed by atoms with E-state index in [1.807, 2.05) is 86.7 Å². The van der Waals surface area contributed by atoms with Gasteiger partial charge >= 0.3 is 0 Å². The molecule has 0 saturated carbocycles. The molecule has 0 aliphatic carbocycles. The molecule has 3 aromatic carbocycles. The molecule has 1 heterocycles. The molecule has 0 spiro atoms. The second kappa shape index (κ2) is 11.2. The number of halogens is 1. The lowest BCUT2D eigenvalue weighted by Crippen LogP contribution is -2.27. The summed E-state index contributed by atoms with van der Waals surface area (Å²) in [7, 11) is 0. The van der Waals surface area contributed by atoms with Crippen LogP contribution in [0.15, 0.2) is 76.1 Å². The zero-order chi connectivity index (χ0) is 24.1. The topological polar surface area (TPSA) is 38.8 Å². The Morgan fingerprint density at radius 3 is 2.47 bits per heavy atom. The fourth-order valence-corrected chi connectivity index (χ4v) is 5.30. The monoisotopic (exact) mass is 553 g/mol. The van der Waals surface area contributed by atoms with E-state index < -0.39 is 0 Å². The van der Waals surface area contributed by atoms with E-state index in [1.165, 1.54) is 17.3 Å². The standard InChI is InChI=1S/C27H24BrNO3S2/c1-3-31-23-14-21(13-22(28)25(23)32-17-20-7-5-4-6-8-20)15-24-26(30)29(27(33)34-24)16-19-11-9-18(2)10-12-19/h4-15H,3,16-17H2,1-2H3/b24-15-. The van der Waals surface area contributed by atoms with Crippen LogP contribution in [0.5, 0.6) is 11.5 Å². The summed E-state index contributed by atoms with van der Waals surface area (Å²) < 4.78 is 13.2. The number of hydrogen-bond donors (Lipinski definition) is 0. The third kappa shape index (κ3) is 5.90. The van der Waals surface area contributed by atoms with Crippen molar-refractivity contribution in [2.24, 2.45) is 0 Å². The van der Waals surface area contributed by atoms with Crippen LogP contribution in [0.4, 0.5) is 0 Å². The largest absolute Gasteiger partial charge is 0.490 e. The first-order chi connectivity index (χ1) is 16.4. The Hall–Kier alpha value is -2.61. The Balaban J connectivity index is 1.55. The number of nitrogens with zero attached hydrogens (tertiary/aromatic N) is 1.